The molecule has 1 aliphatic carbocycles. The highest BCUT2D eigenvalue weighted by Gasteiger charge is 2.26. The van der Waals surface area contributed by atoms with Gasteiger partial charge in [0, 0.05) is 10.4 Å². The Labute approximate surface area is 152 Å². The van der Waals surface area contributed by atoms with Gasteiger partial charge in [0.2, 0.25) is 0 Å². The first-order valence-corrected chi connectivity index (χ1v) is 9.57. The van der Waals surface area contributed by atoms with Crippen molar-refractivity contribution in [2.45, 2.75) is 39.5 Å². The summed E-state index contributed by atoms with van der Waals surface area (Å²) >= 11 is 1.59. The number of anilines is 1. The van der Waals surface area contributed by atoms with Gasteiger partial charge in [0.25, 0.3) is 0 Å². The zero-order chi connectivity index (χ0) is 17.8. The van der Waals surface area contributed by atoms with Crippen LogP contribution in [0.5, 0.6) is 0 Å². The topological polar surface area (TPSA) is 55.4 Å². The molecule has 0 atom stereocenters. The first kappa shape index (κ1) is 17.7. The van der Waals surface area contributed by atoms with Gasteiger partial charge in [-0.15, -0.1) is 11.3 Å². The Bertz CT molecular complexity index is 777. The van der Waals surface area contributed by atoms with Crippen molar-refractivity contribution in [3.8, 4) is 0 Å². The number of nitrogens with one attached hydrogen (secondary N) is 1. The fourth-order valence-corrected chi connectivity index (χ4v) is 4.38. The Balaban J connectivity index is 1.79. The number of carbonyl (C=O) groups excluding carboxylic acids is 2. The summed E-state index contributed by atoms with van der Waals surface area (Å²) in [5.74, 6) is -0.270. The molecule has 132 valence electrons. The zero-order valence-electron chi connectivity index (χ0n) is 14.7. The monoisotopic (exact) mass is 357 g/mol. The largest absolute Gasteiger partial charge is 0.462 e. The Morgan fingerprint density at radius 1 is 1.16 bits per heavy atom. The van der Waals surface area contributed by atoms with Crippen molar-refractivity contribution in [3.63, 3.8) is 0 Å². The molecule has 0 saturated heterocycles. The minimum atomic E-state index is -0.285. The third kappa shape index (κ3) is 3.93. The van der Waals surface area contributed by atoms with Gasteiger partial charge in [-0.2, -0.15) is 0 Å². The minimum absolute atomic E-state index is 0.0150. The lowest BCUT2D eigenvalue weighted by Gasteiger charge is -2.12. The SMILES string of the molecule is CCOC(=O)c1c(NCC(=O)c2ccc(C)cc2)sc2c1CCCC2. The van der Waals surface area contributed by atoms with Crippen molar-refractivity contribution in [3.05, 3.63) is 51.4 Å². The predicted molar refractivity (Wildman–Crippen MR) is 101 cm³/mol. The smallest absolute Gasteiger partial charge is 0.341 e. The van der Waals surface area contributed by atoms with Crippen LogP contribution in [0.3, 0.4) is 0 Å². The summed E-state index contributed by atoms with van der Waals surface area (Å²) in [6.07, 6.45) is 4.16. The van der Waals surface area contributed by atoms with Gasteiger partial charge in [-0.3, -0.25) is 4.79 Å². The standard InChI is InChI=1S/C20H23NO3S/c1-3-24-20(23)18-15-6-4-5-7-17(15)25-19(18)21-12-16(22)14-10-8-13(2)9-11-14/h8-11,21H,3-7,12H2,1-2H3. The Morgan fingerprint density at radius 3 is 2.60 bits per heavy atom. The van der Waals surface area contributed by atoms with E-state index >= 15 is 0 Å². The molecule has 3 rings (SSSR count). The van der Waals surface area contributed by atoms with Crippen LogP contribution in [0.1, 0.15) is 56.5 Å². The van der Waals surface area contributed by atoms with Crippen LogP contribution >= 0.6 is 11.3 Å². The number of ether oxygens (including phenoxy) is 1. The number of benzene rings is 1. The van der Waals surface area contributed by atoms with E-state index in [0.717, 1.165) is 41.8 Å². The number of carbonyl (C=O) groups is 2. The number of ketones is 1. The lowest BCUT2D eigenvalue weighted by Crippen LogP contribution is -2.16. The molecule has 0 aliphatic heterocycles. The number of esters is 1. The van der Waals surface area contributed by atoms with Gasteiger partial charge in [-0.25, -0.2) is 4.79 Å². The van der Waals surface area contributed by atoms with Gasteiger partial charge in [0.05, 0.1) is 18.7 Å². The average Bonchev–Trinajstić information content (AvgIpc) is 2.99. The van der Waals surface area contributed by atoms with Crippen LogP contribution in [0.15, 0.2) is 24.3 Å². The van der Waals surface area contributed by atoms with Crippen molar-refractivity contribution in [1.82, 2.24) is 0 Å². The summed E-state index contributed by atoms with van der Waals surface area (Å²) in [7, 11) is 0. The maximum Gasteiger partial charge on any atom is 0.341 e. The van der Waals surface area contributed by atoms with Crippen molar-refractivity contribution >= 4 is 28.1 Å². The number of hydrogen-bond donors (Lipinski definition) is 1. The van der Waals surface area contributed by atoms with Gasteiger partial charge in [0.1, 0.15) is 5.00 Å². The van der Waals surface area contributed by atoms with Crippen LogP contribution < -0.4 is 5.32 Å². The molecule has 1 aromatic heterocycles. The van der Waals surface area contributed by atoms with E-state index in [1.54, 1.807) is 11.3 Å². The van der Waals surface area contributed by atoms with Gasteiger partial charge in [0.15, 0.2) is 5.78 Å². The average molecular weight is 357 g/mol. The maximum atomic E-state index is 12.4. The molecular weight excluding hydrogens is 334 g/mol. The number of thiophene rings is 1. The summed E-state index contributed by atoms with van der Waals surface area (Å²) in [6, 6.07) is 7.54. The molecule has 0 bridgehead atoms. The fourth-order valence-electron chi connectivity index (χ4n) is 3.11. The lowest BCUT2D eigenvalue weighted by atomic mass is 9.95. The number of rotatable bonds is 6. The molecule has 1 aromatic carbocycles. The highest BCUT2D eigenvalue weighted by atomic mass is 32.1. The number of Topliss-reactive ketones (excluding diaryl/α,β-unsaturated/α-hetero) is 1. The highest BCUT2D eigenvalue weighted by Crippen LogP contribution is 2.38. The molecule has 1 N–H and O–H groups in total. The van der Waals surface area contributed by atoms with E-state index in [9.17, 15) is 9.59 Å². The summed E-state index contributed by atoms with van der Waals surface area (Å²) in [5, 5.41) is 3.96. The third-order valence-corrected chi connectivity index (χ3v) is 5.68. The van der Waals surface area contributed by atoms with Crippen LogP contribution in [-0.2, 0) is 17.6 Å². The quantitative estimate of drug-likeness (QED) is 0.615. The number of aryl methyl sites for hydroxylation is 2. The van der Waals surface area contributed by atoms with E-state index in [4.69, 9.17) is 4.74 Å². The maximum absolute atomic E-state index is 12.4. The van der Waals surface area contributed by atoms with Crippen molar-refractivity contribution in [2.75, 3.05) is 18.5 Å². The highest BCUT2D eigenvalue weighted by molar-refractivity contribution is 7.16. The van der Waals surface area contributed by atoms with E-state index in [0.29, 0.717) is 17.7 Å². The normalized spacial score (nSPS) is 13.2. The van der Waals surface area contributed by atoms with Gasteiger partial charge >= 0.3 is 5.97 Å². The van der Waals surface area contributed by atoms with Crippen LogP contribution in [0.25, 0.3) is 0 Å². The fraction of sp³-hybridized carbons (Fsp3) is 0.400. The van der Waals surface area contributed by atoms with E-state index in [1.807, 2.05) is 38.1 Å². The second-order valence-corrected chi connectivity index (χ2v) is 7.38. The number of fused-ring (bicyclic) bond motifs is 1. The molecule has 4 nitrogen and oxygen atoms in total. The summed E-state index contributed by atoms with van der Waals surface area (Å²) in [5.41, 5.74) is 3.55. The molecule has 0 spiro atoms. The number of hydrogen-bond acceptors (Lipinski definition) is 5. The molecule has 1 aliphatic rings. The molecule has 0 saturated carbocycles. The van der Waals surface area contributed by atoms with E-state index in [-0.39, 0.29) is 18.3 Å². The Hall–Kier alpha value is -2.14. The molecule has 0 unspecified atom stereocenters. The van der Waals surface area contributed by atoms with Crippen LogP contribution in [0.4, 0.5) is 5.00 Å². The Morgan fingerprint density at radius 2 is 1.88 bits per heavy atom. The van der Waals surface area contributed by atoms with Crippen molar-refractivity contribution in [1.29, 1.82) is 0 Å². The van der Waals surface area contributed by atoms with E-state index < -0.39 is 0 Å². The molecule has 5 heteroatoms. The molecule has 2 aromatic rings. The minimum Gasteiger partial charge on any atom is -0.462 e. The van der Waals surface area contributed by atoms with Crippen LogP contribution in [-0.4, -0.2) is 24.9 Å². The molecule has 0 amide bonds. The summed E-state index contributed by atoms with van der Waals surface area (Å²) in [6.45, 7) is 4.33. The lowest BCUT2D eigenvalue weighted by molar-refractivity contribution is 0.0526. The van der Waals surface area contributed by atoms with E-state index in [2.05, 4.69) is 5.32 Å². The second-order valence-electron chi connectivity index (χ2n) is 6.28. The van der Waals surface area contributed by atoms with Crippen LogP contribution in [0.2, 0.25) is 0 Å². The first-order chi connectivity index (χ1) is 12.1. The predicted octanol–water partition coefficient (Wildman–Crippen LogP) is 4.41. The molecule has 0 radical (unpaired) electrons. The van der Waals surface area contributed by atoms with E-state index in [1.165, 1.54) is 4.88 Å². The van der Waals surface area contributed by atoms with Crippen molar-refractivity contribution in [2.24, 2.45) is 0 Å². The first-order valence-electron chi connectivity index (χ1n) is 8.75. The molecule has 0 fully saturated rings. The molecule has 1 heterocycles. The molecular formula is C20H23NO3S. The summed E-state index contributed by atoms with van der Waals surface area (Å²) < 4.78 is 5.24. The third-order valence-electron chi connectivity index (χ3n) is 4.43. The van der Waals surface area contributed by atoms with Crippen LogP contribution in [0, 0.1) is 6.92 Å². The van der Waals surface area contributed by atoms with Gasteiger partial charge in [-0.05, 0) is 45.1 Å². The zero-order valence-corrected chi connectivity index (χ0v) is 15.5. The second kappa shape index (κ2) is 7.83. The van der Waals surface area contributed by atoms with Crippen molar-refractivity contribution < 1.29 is 14.3 Å². The van der Waals surface area contributed by atoms with Gasteiger partial charge < -0.3 is 10.1 Å². The van der Waals surface area contributed by atoms with Gasteiger partial charge in [-0.1, -0.05) is 29.8 Å². The summed E-state index contributed by atoms with van der Waals surface area (Å²) in [4.78, 5) is 26.1. The Kier molecular flexibility index (Phi) is 5.53. The molecule has 25 heavy (non-hydrogen) atoms.